The van der Waals surface area contributed by atoms with Gasteiger partial charge in [0.15, 0.2) is 5.82 Å². The second kappa shape index (κ2) is 4.44. The van der Waals surface area contributed by atoms with Crippen LogP contribution in [0.2, 0.25) is 0 Å². The van der Waals surface area contributed by atoms with E-state index >= 15 is 0 Å². The molecule has 1 unspecified atom stereocenters. The molecule has 0 bridgehead atoms. The Kier molecular flexibility index (Phi) is 2.83. The van der Waals surface area contributed by atoms with Gasteiger partial charge in [-0.1, -0.05) is 18.2 Å². The molecule has 0 saturated heterocycles. The van der Waals surface area contributed by atoms with E-state index in [1.54, 1.807) is 25.1 Å². The van der Waals surface area contributed by atoms with Crippen molar-refractivity contribution in [2.45, 2.75) is 18.9 Å². The van der Waals surface area contributed by atoms with Gasteiger partial charge in [0.05, 0.1) is 6.20 Å². The molecule has 1 atom stereocenters. The lowest BCUT2D eigenvalue weighted by molar-refractivity contribution is -0.142. The fourth-order valence-electron chi connectivity index (χ4n) is 2.74. The largest absolute Gasteiger partial charge is 0.479 e. The number of carboxylic acid groups (broad SMARTS) is 1. The van der Waals surface area contributed by atoms with Gasteiger partial charge in [-0.15, -0.1) is 0 Å². The van der Waals surface area contributed by atoms with Gasteiger partial charge in [0, 0.05) is 25.4 Å². The van der Waals surface area contributed by atoms with E-state index in [0.29, 0.717) is 12.2 Å². The Balaban J connectivity index is 2.22. The van der Waals surface area contributed by atoms with Crippen LogP contribution in [0.25, 0.3) is 0 Å². The minimum Gasteiger partial charge on any atom is -0.479 e. The molecule has 6 nitrogen and oxygen atoms in total. The number of nitrogens with zero attached hydrogens (tertiary/aromatic N) is 3. The smallest absolute Gasteiger partial charge is 0.330 e. The van der Waals surface area contributed by atoms with Crippen LogP contribution in [0.3, 0.4) is 0 Å². The minimum atomic E-state index is -1.12. The van der Waals surface area contributed by atoms with Gasteiger partial charge in [-0.05, 0) is 18.6 Å². The zero-order chi connectivity index (χ0) is 15.2. The van der Waals surface area contributed by atoms with Crippen LogP contribution in [0.4, 0.5) is 11.5 Å². The number of rotatable bonds is 2. The number of hydrogen-bond donors (Lipinski definition) is 1. The number of hydrogen-bond acceptors (Lipinski definition) is 4. The van der Waals surface area contributed by atoms with Gasteiger partial charge < -0.3 is 14.6 Å². The first-order valence-corrected chi connectivity index (χ1v) is 6.58. The zero-order valence-electron chi connectivity index (χ0n) is 11.8. The lowest BCUT2D eigenvalue weighted by Crippen LogP contribution is -2.48. The van der Waals surface area contributed by atoms with Crippen molar-refractivity contribution in [1.82, 2.24) is 9.55 Å². The monoisotopic (exact) mass is 285 g/mol. The van der Waals surface area contributed by atoms with Gasteiger partial charge in [-0.2, -0.15) is 0 Å². The molecule has 0 aliphatic carbocycles. The SMILES string of the molecule is Cn1cc(N2c3ccccc3CC2(C)C(=O)O)ncc1=O. The summed E-state index contributed by atoms with van der Waals surface area (Å²) in [6, 6.07) is 7.54. The highest BCUT2D eigenvalue weighted by molar-refractivity contribution is 5.90. The molecular weight excluding hydrogens is 270 g/mol. The van der Waals surface area contributed by atoms with Gasteiger partial charge in [-0.25, -0.2) is 9.78 Å². The average Bonchev–Trinajstić information content (AvgIpc) is 2.75. The fraction of sp³-hybridized carbons (Fsp3) is 0.267. The second-order valence-corrected chi connectivity index (χ2v) is 5.41. The number of para-hydroxylation sites is 1. The third kappa shape index (κ3) is 1.91. The Morgan fingerprint density at radius 3 is 2.76 bits per heavy atom. The molecule has 3 rings (SSSR count). The van der Waals surface area contributed by atoms with E-state index in [1.165, 1.54) is 10.8 Å². The lowest BCUT2D eigenvalue weighted by atomic mass is 9.97. The highest BCUT2D eigenvalue weighted by Crippen LogP contribution is 2.43. The van der Waals surface area contributed by atoms with E-state index < -0.39 is 11.5 Å². The molecule has 0 spiro atoms. The predicted molar refractivity (Wildman–Crippen MR) is 77.8 cm³/mol. The van der Waals surface area contributed by atoms with Crippen molar-refractivity contribution in [1.29, 1.82) is 0 Å². The van der Waals surface area contributed by atoms with Gasteiger partial charge in [0.25, 0.3) is 5.56 Å². The summed E-state index contributed by atoms with van der Waals surface area (Å²) in [5.74, 6) is -0.471. The highest BCUT2D eigenvalue weighted by Gasteiger charge is 2.47. The number of carboxylic acids is 1. The maximum atomic E-state index is 11.8. The van der Waals surface area contributed by atoms with E-state index in [4.69, 9.17) is 0 Å². The van der Waals surface area contributed by atoms with E-state index in [9.17, 15) is 14.7 Å². The normalized spacial score (nSPS) is 20.4. The third-order valence-corrected chi connectivity index (χ3v) is 3.91. The van der Waals surface area contributed by atoms with Crippen LogP contribution >= 0.6 is 0 Å². The summed E-state index contributed by atoms with van der Waals surface area (Å²) in [5.41, 5.74) is 0.420. The lowest BCUT2D eigenvalue weighted by Gasteiger charge is -2.32. The van der Waals surface area contributed by atoms with Crippen LogP contribution in [-0.4, -0.2) is 26.2 Å². The first-order valence-electron chi connectivity index (χ1n) is 6.58. The van der Waals surface area contributed by atoms with Crippen LogP contribution in [0.1, 0.15) is 12.5 Å². The van der Waals surface area contributed by atoms with Crippen molar-refractivity contribution in [3.63, 3.8) is 0 Å². The predicted octanol–water partition coefficient (Wildman–Crippen LogP) is 1.32. The maximum absolute atomic E-state index is 11.8. The van der Waals surface area contributed by atoms with Crippen LogP contribution in [0.5, 0.6) is 0 Å². The summed E-state index contributed by atoms with van der Waals surface area (Å²) in [6.07, 6.45) is 3.16. The molecule has 1 aliphatic heterocycles. The summed E-state index contributed by atoms with van der Waals surface area (Å²) >= 11 is 0. The van der Waals surface area contributed by atoms with E-state index in [-0.39, 0.29) is 5.56 Å². The number of aliphatic carboxylic acids is 1. The summed E-state index contributed by atoms with van der Waals surface area (Å²) in [6.45, 7) is 1.67. The molecule has 1 aliphatic rings. The molecule has 1 N–H and O–H groups in total. The molecule has 0 radical (unpaired) electrons. The third-order valence-electron chi connectivity index (χ3n) is 3.91. The molecule has 0 amide bonds. The fourth-order valence-corrected chi connectivity index (χ4v) is 2.74. The first kappa shape index (κ1) is 13.4. The van der Waals surface area contributed by atoms with Crippen LogP contribution in [0, 0.1) is 0 Å². The highest BCUT2D eigenvalue weighted by atomic mass is 16.4. The Hall–Kier alpha value is -2.63. The molecule has 1 aromatic heterocycles. The minimum absolute atomic E-state index is 0.233. The van der Waals surface area contributed by atoms with E-state index in [0.717, 1.165) is 11.3 Å². The number of carbonyl (C=O) groups is 1. The average molecular weight is 285 g/mol. The zero-order valence-corrected chi connectivity index (χ0v) is 11.8. The topological polar surface area (TPSA) is 75.4 Å². The molecular formula is C15H15N3O3. The number of fused-ring (bicyclic) bond motifs is 1. The quantitative estimate of drug-likeness (QED) is 0.900. The molecule has 2 heterocycles. The summed E-state index contributed by atoms with van der Waals surface area (Å²) in [5, 5.41) is 9.66. The van der Waals surface area contributed by atoms with E-state index in [2.05, 4.69) is 4.98 Å². The van der Waals surface area contributed by atoms with Gasteiger partial charge in [-0.3, -0.25) is 4.79 Å². The van der Waals surface area contributed by atoms with Crippen molar-refractivity contribution in [3.8, 4) is 0 Å². The number of anilines is 2. The van der Waals surface area contributed by atoms with Crippen LogP contribution in [-0.2, 0) is 18.3 Å². The second-order valence-electron chi connectivity index (χ2n) is 5.41. The maximum Gasteiger partial charge on any atom is 0.330 e. The summed E-state index contributed by atoms with van der Waals surface area (Å²) in [7, 11) is 1.62. The van der Waals surface area contributed by atoms with Crippen LogP contribution < -0.4 is 10.5 Å². The molecule has 21 heavy (non-hydrogen) atoms. The van der Waals surface area contributed by atoms with Crippen molar-refractivity contribution in [3.05, 3.63) is 52.6 Å². The Morgan fingerprint density at radius 2 is 2.10 bits per heavy atom. The Morgan fingerprint density at radius 1 is 1.38 bits per heavy atom. The van der Waals surface area contributed by atoms with Gasteiger partial charge >= 0.3 is 5.97 Å². The molecule has 2 aromatic rings. The van der Waals surface area contributed by atoms with Crippen LogP contribution in [0.15, 0.2) is 41.5 Å². The molecule has 0 fully saturated rings. The van der Waals surface area contributed by atoms with Gasteiger partial charge in [0.2, 0.25) is 0 Å². The summed E-state index contributed by atoms with van der Waals surface area (Å²) < 4.78 is 1.39. The molecule has 1 aromatic carbocycles. The van der Waals surface area contributed by atoms with Crippen molar-refractivity contribution >= 4 is 17.5 Å². The van der Waals surface area contributed by atoms with E-state index in [1.807, 2.05) is 24.3 Å². The van der Waals surface area contributed by atoms with Gasteiger partial charge in [0.1, 0.15) is 5.54 Å². The number of benzene rings is 1. The Bertz CT molecular complexity index is 784. The standard InChI is InChI=1S/C15H15N3O3/c1-15(14(20)21)7-10-5-3-4-6-11(10)18(15)12-9-17(2)13(19)8-16-12/h3-6,8-9H,7H2,1-2H3,(H,20,21). The molecule has 108 valence electrons. The molecule has 0 saturated carbocycles. The Labute approximate surface area is 121 Å². The van der Waals surface area contributed by atoms with Crippen molar-refractivity contribution < 1.29 is 9.90 Å². The van der Waals surface area contributed by atoms with Crippen molar-refractivity contribution in [2.75, 3.05) is 4.90 Å². The number of aromatic nitrogens is 2. The first-order chi connectivity index (χ1) is 9.93. The molecule has 6 heteroatoms. The summed E-state index contributed by atoms with van der Waals surface area (Å²) in [4.78, 5) is 29.1. The number of aryl methyl sites for hydroxylation is 1. The van der Waals surface area contributed by atoms with Crippen molar-refractivity contribution in [2.24, 2.45) is 7.05 Å².